The van der Waals surface area contributed by atoms with Gasteiger partial charge in [-0.15, -0.1) is 0 Å². The molecule has 0 aliphatic rings. The van der Waals surface area contributed by atoms with Gasteiger partial charge in [0.1, 0.15) is 0 Å². The Kier molecular flexibility index (Phi) is 5.29. The predicted molar refractivity (Wildman–Crippen MR) is 60.0 cm³/mol. The molecule has 0 spiro atoms. The summed E-state index contributed by atoms with van der Waals surface area (Å²) < 4.78 is 4.80. The minimum atomic E-state index is -0.920. The normalized spacial score (nSPS) is 13.8. The van der Waals surface area contributed by atoms with Gasteiger partial charge in [-0.25, -0.2) is 4.79 Å². The van der Waals surface area contributed by atoms with E-state index in [0.717, 1.165) is 0 Å². The zero-order chi connectivity index (χ0) is 12.2. The Morgan fingerprint density at radius 3 is 2.00 bits per heavy atom. The van der Waals surface area contributed by atoms with Gasteiger partial charge in [0, 0.05) is 18.0 Å². The Labute approximate surface area is 96.1 Å². The van der Waals surface area contributed by atoms with E-state index < -0.39 is 11.5 Å². The average Bonchev–Trinajstić information content (AvgIpc) is 1.95. The lowest BCUT2D eigenvalue weighted by atomic mass is 9.86. The van der Waals surface area contributed by atoms with Gasteiger partial charge < -0.3 is 4.74 Å². The Morgan fingerprint density at radius 1 is 1.27 bits per heavy atom. The first-order chi connectivity index (χ1) is 6.63. The molecule has 0 rings (SSSR count). The zero-order valence-corrected chi connectivity index (χ0v) is 10.7. The van der Waals surface area contributed by atoms with Crippen molar-refractivity contribution in [2.24, 2.45) is 11.3 Å². The van der Waals surface area contributed by atoms with Crippen molar-refractivity contribution >= 4 is 22.8 Å². The fourth-order valence-corrected chi connectivity index (χ4v) is 1.39. The average molecular weight is 235 g/mol. The standard InChI is InChI=1S/C11H19ClO3/c1-7(2)9(15-10(12)14)8(13)6-11(3,4)5/h7,9H,6H2,1-5H3/t9-/m0/s1. The first kappa shape index (κ1) is 14.4. The van der Waals surface area contributed by atoms with E-state index in [-0.39, 0.29) is 17.1 Å². The summed E-state index contributed by atoms with van der Waals surface area (Å²) in [5.41, 5.74) is -1.03. The number of Topliss-reactive ketones (excluding diaryl/α,β-unsaturated/α-hetero) is 1. The van der Waals surface area contributed by atoms with E-state index in [2.05, 4.69) is 0 Å². The summed E-state index contributed by atoms with van der Waals surface area (Å²) in [4.78, 5) is 22.4. The van der Waals surface area contributed by atoms with Gasteiger partial charge in [-0.3, -0.25) is 4.79 Å². The number of ketones is 1. The Bertz CT molecular complexity index is 241. The zero-order valence-electron chi connectivity index (χ0n) is 9.96. The number of carbonyl (C=O) groups excluding carboxylic acids is 2. The summed E-state index contributed by atoms with van der Waals surface area (Å²) in [7, 11) is 0. The van der Waals surface area contributed by atoms with Crippen molar-refractivity contribution in [2.75, 3.05) is 0 Å². The van der Waals surface area contributed by atoms with E-state index in [4.69, 9.17) is 16.3 Å². The molecule has 0 aliphatic heterocycles. The Morgan fingerprint density at radius 2 is 1.73 bits per heavy atom. The summed E-state index contributed by atoms with van der Waals surface area (Å²) in [5.74, 6) is -0.131. The van der Waals surface area contributed by atoms with E-state index in [1.807, 2.05) is 34.6 Å². The monoisotopic (exact) mass is 234 g/mol. The smallest absolute Gasteiger partial charge is 0.404 e. The van der Waals surface area contributed by atoms with Crippen LogP contribution in [0, 0.1) is 11.3 Å². The number of carbonyl (C=O) groups is 2. The topological polar surface area (TPSA) is 43.4 Å². The molecule has 1 atom stereocenters. The lowest BCUT2D eigenvalue weighted by molar-refractivity contribution is -0.130. The van der Waals surface area contributed by atoms with Crippen LogP contribution in [0.4, 0.5) is 4.79 Å². The van der Waals surface area contributed by atoms with Crippen LogP contribution in [0.3, 0.4) is 0 Å². The molecule has 0 aliphatic carbocycles. The van der Waals surface area contributed by atoms with Crippen molar-refractivity contribution in [3.05, 3.63) is 0 Å². The highest BCUT2D eigenvalue weighted by molar-refractivity contribution is 6.61. The van der Waals surface area contributed by atoms with Gasteiger partial charge in [0.05, 0.1) is 0 Å². The Balaban J connectivity index is 4.50. The molecule has 0 heterocycles. The minimum Gasteiger partial charge on any atom is -0.442 e. The first-order valence-corrected chi connectivity index (χ1v) is 5.40. The lowest BCUT2D eigenvalue weighted by Gasteiger charge is -2.23. The maximum absolute atomic E-state index is 11.8. The van der Waals surface area contributed by atoms with Gasteiger partial charge in [-0.1, -0.05) is 34.6 Å². The molecule has 0 radical (unpaired) electrons. The molecule has 0 aromatic heterocycles. The Hall–Kier alpha value is -0.570. The van der Waals surface area contributed by atoms with Crippen LogP contribution in [0.2, 0.25) is 0 Å². The van der Waals surface area contributed by atoms with Gasteiger partial charge >= 0.3 is 5.43 Å². The van der Waals surface area contributed by atoms with Gasteiger partial charge in [0.2, 0.25) is 0 Å². The van der Waals surface area contributed by atoms with Crippen molar-refractivity contribution in [3.63, 3.8) is 0 Å². The summed E-state index contributed by atoms with van der Waals surface area (Å²) in [6.45, 7) is 9.54. The number of halogens is 1. The van der Waals surface area contributed by atoms with Gasteiger partial charge in [-0.2, -0.15) is 0 Å². The molecule has 0 unspecified atom stereocenters. The summed E-state index contributed by atoms with van der Waals surface area (Å²) >= 11 is 5.12. The molecule has 3 nitrogen and oxygen atoms in total. The van der Waals surface area contributed by atoms with Crippen LogP contribution in [0.25, 0.3) is 0 Å². The number of hydrogen-bond acceptors (Lipinski definition) is 3. The van der Waals surface area contributed by atoms with E-state index >= 15 is 0 Å². The van der Waals surface area contributed by atoms with Crippen LogP contribution in [0.1, 0.15) is 41.0 Å². The van der Waals surface area contributed by atoms with Crippen molar-refractivity contribution in [1.29, 1.82) is 0 Å². The van der Waals surface area contributed by atoms with Gasteiger partial charge in [0.25, 0.3) is 0 Å². The molecule has 0 aromatic carbocycles. The van der Waals surface area contributed by atoms with Crippen molar-refractivity contribution in [3.8, 4) is 0 Å². The van der Waals surface area contributed by atoms with Crippen LogP contribution in [0.5, 0.6) is 0 Å². The van der Waals surface area contributed by atoms with Crippen LogP contribution in [0.15, 0.2) is 0 Å². The van der Waals surface area contributed by atoms with E-state index in [1.54, 1.807) is 0 Å². The van der Waals surface area contributed by atoms with Crippen molar-refractivity contribution in [1.82, 2.24) is 0 Å². The number of ether oxygens (including phenoxy) is 1. The maximum Gasteiger partial charge on any atom is 0.404 e. The number of hydrogen-bond donors (Lipinski definition) is 0. The van der Waals surface area contributed by atoms with Crippen LogP contribution in [-0.4, -0.2) is 17.3 Å². The second-order valence-corrected chi connectivity index (χ2v) is 5.53. The van der Waals surface area contributed by atoms with Crippen LogP contribution >= 0.6 is 11.6 Å². The molecule has 0 aromatic rings. The molecule has 15 heavy (non-hydrogen) atoms. The first-order valence-electron chi connectivity index (χ1n) is 5.02. The number of rotatable bonds is 4. The van der Waals surface area contributed by atoms with Crippen LogP contribution < -0.4 is 0 Å². The highest BCUT2D eigenvalue weighted by atomic mass is 35.5. The fourth-order valence-electron chi connectivity index (χ4n) is 1.30. The highest BCUT2D eigenvalue weighted by Crippen LogP contribution is 2.22. The molecular formula is C11H19ClO3. The second kappa shape index (κ2) is 5.50. The third-order valence-electron chi connectivity index (χ3n) is 1.85. The lowest BCUT2D eigenvalue weighted by Crippen LogP contribution is -2.33. The molecule has 0 fully saturated rings. The van der Waals surface area contributed by atoms with Crippen molar-refractivity contribution < 1.29 is 14.3 Å². The summed E-state index contributed by atoms with van der Waals surface area (Å²) in [6, 6.07) is 0. The molecule has 88 valence electrons. The maximum atomic E-state index is 11.8. The molecule has 0 saturated heterocycles. The minimum absolute atomic E-state index is 0.0532. The third-order valence-corrected chi connectivity index (χ3v) is 1.94. The van der Waals surface area contributed by atoms with E-state index in [1.165, 1.54) is 0 Å². The van der Waals surface area contributed by atoms with E-state index in [0.29, 0.717) is 6.42 Å². The quantitative estimate of drug-likeness (QED) is 0.701. The van der Waals surface area contributed by atoms with Crippen LogP contribution in [-0.2, 0) is 9.53 Å². The molecule has 4 heteroatoms. The summed E-state index contributed by atoms with van der Waals surface area (Å²) in [5, 5.41) is 0. The van der Waals surface area contributed by atoms with Gasteiger partial charge in [0.15, 0.2) is 11.9 Å². The SMILES string of the molecule is CC(C)[C@H](OC(=O)Cl)C(=O)CC(C)(C)C. The molecule has 0 bridgehead atoms. The molecular weight excluding hydrogens is 216 g/mol. The fraction of sp³-hybridized carbons (Fsp3) is 0.818. The third kappa shape index (κ3) is 6.50. The molecule has 0 saturated carbocycles. The highest BCUT2D eigenvalue weighted by Gasteiger charge is 2.28. The van der Waals surface area contributed by atoms with Crippen molar-refractivity contribution in [2.45, 2.75) is 47.1 Å². The second-order valence-electron chi connectivity index (χ2n) is 5.22. The van der Waals surface area contributed by atoms with E-state index in [9.17, 15) is 9.59 Å². The molecule has 0 N–H and O–H groups in total. The van der Waals surface area contributed by atoms with Gasteiger partial charge in [-0.05, 0) is 11.3 Å². The molecule has 0 amide bonds. The summed E-state index contributed by atoms with van der Waals surface area (Å²) in [6.07, 6.45) is -0.353. The largest absolute Gasteiger partial charge is 0.442 e. The predicted octanol–water partition coefficient (Wildman–Crippen LogP) is 3.39.